The third-order valence-corrected chi connectivity index (χ3v) is 3.32. The number of H-pyrrole nitrogens is 1. The Hall–Kier alpha value is -1.06. The lowest BCUT2D eigenvalue weighted by atomic mass is 9.88. The predicted molar refractivity (Wildman–Crippen MR) is 67.7 cm³/mol. The number of nitrogens with two attached hydrogens (primary N) is 1. The lowest BCUT2D eigenvalue weighted by Gasteiger charge is -2.20. The van der Waals surface area contributed by atoms with Gasteiger partial charge in [0.25, 0.3) is 0 Å². The van der Waals surface area contributed by atoms with Gasteiger partial charge in [0.05, 0.1) is 17.4 Å². The highest BCUT2D eigenvalue weighted by atomic mass is 35.5. The summed E-state index contributed by atoms with van der Waals surface area (Å²) in [5.74, 6) is 0.767. The standard InChI is InChI=1S/C12H16ClN3/c1-7(2)9(5-14)8-3-11-12(4-10(8)13)16-6-15-11/h3-4,6-7,9H,5,14H2,1-2H3,(H,15,16). The number of nitrogens with zero attached hydrogens (tertiary/aromatic N) is 1. The zero-order valence-corrected chi connectivity index (χ0v) is 10.3. The second-order valence-electron chi connectivity index (χ2n) is 4.38. The molecule has 1 atom stereocenters. The molecule has 0 saturated heterocycles. The highest BCUT2D eigenvalue weighted by Gasteiger charge is 2.18. The minimum atomic E-state index is 0.292. The summed E-state index contributed by atoms with van der Waals surface area (Å²) >= 11 is 6.27. The van der Waals surface area contributed by atoms with Crippen LogP contribution in [0.15, 0.2) is 18.5 Å². The van der Waals surface area contributed by atoms with Crippen molar-refractivity contribution < 1.29 is 0 Å². The summed E-state index contributed by atoms with van der Waals surface area (Å²) in [4.78, 5) is 7.27. The number of imidazole rings is 1. The normalized spacial score (nSPS) is 13.6. The molecule has 0 saturated carbocycles. The summed E-state index contributed by atoms with van der Waals surface area (Å²) in [7, 11) is 0. The topological polar surface area (TPSA) is 54.7 Å². The van der Waals surface area contributed by atoms with Gasteiger partial charge in [0.15, 0.2) is 0 Å². The van der Waals surface area contributed by atoms with Crippen molar-refractivity contribution in [3.05, 3.63) is 29.0 Å². The third-order valence-electron chi connectivity index (χ3n) is 3.00. The number of fused-ring (bicyclic) bond motifs is 1. The maximum atomic E-state index is 6.27. The average Bonchev–Trinajstić information content (AvgIpc) is 2.65. The number of aromatic amines is 1. The van der Waals surface area contributed by atoms with Gasteiger partial charge in [-0.3, -0.25) is 0 Å². The summed E-state index contributed by atoms with van der Waals surface area (Å²) in [6.45, 7) is 4.92. The van der Waals surface area contributed by atoms with Crippen molar-refractivity contribution >= 4 is 22.6 Å². The van der Waals surface area contributed by atoms with Crippen LogP contribution in [0.4, 0.5) is 0 Å². The minimum Gasteiger partial charge on any atom is -0.345 e. The largest absolute Gasteiger partial charge is 0.345 e. The Bertz CT molecular complexity index is 490. The van der Waals surface area contributed by atoms with Crippen molar-refractivity contribution in [3.8, 4) is 0 Å². The summed E-state index contributed by atoms with van der Waals surface area (Å²) in [6.07, 6.45) is 1.68. The van der Waals surface area contributed by atoms with Gasteiger partial charge in [-0.15, -0.1) is 0 Å². The van der Waals surface area contributed by atoms with Crippen LogP contribution in [0.25, 0.3) is 11.0 Å². The van der Waals surface area contributed by atoms with E-state index in [0.29, 0.717) is 18.4 Å². The monoisotopic (exact) mass is 237 g/mol. The van der Waals surface area contributed by atoms with Gasteiger partial charge in [0.2, 0.25) is 0 Å². The maximum absolute atomic E-state index is 6.27. The van der Waals surface area contributed by atoms with Crippen LogP contribution in [-0.4, -0.2) is 16.5 Å². The van der Waals surface area contributed by atoms with Crippen LogP contribution in [0.3, 0.4) is 0 Å². The van der Waals surface area contributed by atoms with E-state index >= 15 is 0 Å². The molecule has 2 aromatic rings. The van der Waals surface area contributed by atoms with Crippen LogP contribution in [0.2, 0.25) is 5.02 Å². The van der Waals surface area contributed by atoms with Gasteiger partial charge in [-0.05, 0) is 36.1 Å². The smallest absolute Gasteiger partial charge is 0.0931 e. The van der Waals surface area contributed by atoms with E-state index in [-0.39, 0.29) is 0 Å². The van der Waals surface area contributed by atoms with E-state index in [4.69, 9.17) is 17.3 Å². The van der Waals surface area contributed by atoms with Gasteiger partial charge in [0.1, 0.15) is 0 Å². The molecule has 3 nitrogen and oxygen atoms in total. The molecule has 2 rings (SSSR count). The molecule has 0 fully saturated rings. The fraction of sp³-hybridized carbons (Fsp3) is 0.417. The van der Waals surface area contributed by atoms with E-state index in [0.717, 1.165) is 21.6 Å². The SMILES string of the molecule is CC(C)C(CN)c1cc2[nH]cnc2cc1Cl. The Labute approximate surface area is 100 Å². The van der Waals surface area contributed by atoms with E-state index in [9.17, 15) is 0 Å². The number of benzene rings is 1. The Kier molecular flexibility index (Phi) is 3.17. The van der Waals surface area contributed by atoms with Crippen molar-refractivity contribution in [2.45, 2.75) is 19.8 Å². The van der Waals surface area contributed by atoms with Crippen LogP contribution in [0, 0.1) is 5.92 Å². The van der Waals surface area contributed by atoms with Crippen LogP contribution >= 0.6 is 11.6 Å². The number of aromatic nitrogens is 2. The van der Waals surface area contributed by atoms with E-state index in [2.05, 4.69) is 29.9 Å². The van der Waals surface area contributed by atoms with Crippen LogP contribution < -0.4 is 5.73 Å². The minimum absolute atomic E-state index is 0.292. The first-order valence-corrected chi connectivity index (χ1v) is 5.84. The number of rotatable bonds is 3. The molecule has 1 unspecified atom stereocenters. The van der Waals surface area contributed by atoms with E-state index in [1.54, 1.807) is 6.33 Å². The first kappa shape index (κ1) is 11.4. The number of hydrogen-bond donors (Lipinski definition) is 2. The molecule has 16 heavy (non-hydrogen) atoms. The van der Waals surface area contributed by atoms with Gasteiger partial charge in [-0.25, -0.2) is 4.98 Å². The molecular formula is C12H16ClN3. The van der Waals surface area contributed by atoms with E-state index in [1.807, 2.05) is 6.07 Å². The second-order valence-corrected chi connectivity index (χ2v) is 4.79. The van der Waals surface area contributed by atoms with Crippen molar-refractivity contribution in [2.75, 3.05) is 6.54 Å². The molecule has 0 bridgehead atoms. The van der Waals surface area contributed by atoms with E-state index < -0.39 is 0 Å². The Morgan fingerprint density at radius 1 is 1.44 bits per heavy atom. The first-order valence-electron chi connectivity index (χ1n) is 5.46. The molecular weight excluding hydrogens is 222 g/mol. The molecule has 0 spiro atoms. The van der Waals surface area contributed by atoms with Gasteiger partial charge in [-0.1, -0.05) is 25.4 Å². The molecule has 86 valence electrons. The van der Waals surface area contributed by atoms with Crippen molar-refractivity contribution in [1.29, 1.82) is 0 Å². The van der Waals surface area contributed by atoms with E-state index in [1.165, 1.54) is 0 Å². The molecule has 1 aromatic carbocycles. The molecule has 3 N–H and O–H groups in total. The molecule has 0 aliphatic heterocycles. The number of hydrogen-bond acceptors (Lipinski definition) is 2. The molecule has 0 aliphatic rings. The number of halogens is 1. The number of nitrogens with one attached hydrogen (secondary N) is 1. The molecule has 1 aromatic heterocycles. The van der Waals surface area contributed by atoms with Crippen molar-refractivity contribution in [2.24, 2.45) is 11.7 Å². The molecule has 0 aliphatic carbocycles. The zero-order valence-electron chi connectivity index (χ0n) is 9.50. The lowest BCUT2D eigenvalue weighted by molar-refractivity contribution is 0.507. The first-order chi connectivity index (χ1) is 7.63. The molecule has 0 radical (unpaired) electrons. The van der Waals surface area contributed by atoms with Gasteiger partial charge in [-0.2, -0.15) is 0 Å². The van der Waals surface area contributed by atoms with Crippen molar-refractivity contribution in [1.82, 2.24) is 9.97 Å². The van der Waals surface area contributed by atoms with Crippen LogP contribution in [0.5, 0.6) is 0 Å². The van der Waals surface area contributed by atoms with Crippen molar-refractivity contribution in [3.63, 3.8) is 0 Å². The Morgan fingerprint density at radius 3 is 2.81 bits per heavy atom. The average molecular weight is 238 g/mol. The summed E-state index contributed by atoms with van der Waals surface area (Å²) in [6, 6.07) is 3.95. The summed E-state index contributed by atoms with van der Waals surface area (Å²) in [5, 5.41) is 0.753. The highest BCUT2D eigenvalue weighted by Crippen LogP contribution is 2.32. The lowest BCUT2D eigenvalue weighted by Crippen LogP contribution is -2.18. The fourth-order valence-electron chi connectivity index (χ4n) is 2.02. The summed E-state index contributed by atoms with van der Waals surface area (Å²) in [5.41, 5.74) is 8.83. The Balaban J connectivity index is 2.53. The van der Waals surface area contributed by atoms with Gasteiger partial charge < -0.3 is 10.7 Å². The van der Waals surface area contributed by atoms with Crippen LogP contribution in [-0.2, 0) is 0 Å². The molecule has 0 amide bonds. The highest BCUT2D eigenvalue weighted by molar-refractivity contribution is 6.32. The summed E-state index contributed by atoms with van der Waals surface area (Å²) < 4.78 is 0. The predicted octanol–water partition coefficient (Wildman–Crippen LogP) is 2.91. The second kappa shape index (κ2) is 4.44. The molecule has 1 heterocycles. The Morgan fingerprint density at radius 2 is 2.19 bits per heavy atom. The van der Waals surface area contributed by atoms with Gasteiger partial charge in [0, 0.05) is 5.02 Å². The third kappa shape index (κ3) is 1.93. The fourth-order valence-corrected chi connectivity index (χ4v) is 2.31. The zero-order chi connectivity index (χ0) is 11.7. The van der Waals surface area contributed by atoms with Gasteiger partial charge >= 0.3 is 0 Å². The molecule has 4 heteroatoms. The maximum Gasteiger partial charge on any atom is 0.0931 e. The quantitative estimate of drug-likeness (QED) is 0.863. The van der Waals surface area contributed by atoms with Crippen LogP contribution in [0.1, 0.15) is 25.3 Å².